The zero-order valence-electron chi connectivity index (χ0n) is 12.7. The van der Waals surface area contributed by atoms with Gasteiger partial charge >= 0.3 is 5.97 Å². The third kappa shape index (κ3) is 5.49. The average Bonchev–Trinajstić information content (AvgIpc) is 2.60. The molecular formula is C15H18N2O4S2. The summed E-state index contributed by atoms with van der Waals surface area (Å²) in [6.45, 7) is 2.86. The number of hydrogen-bond donors (Lipinski definition) is 1. The summed E-state index contributed by atoms with van der Waals surface area (Å²) in [6, 6.07) is 6.53. The lowest BCUT2D eigenvalue weighted by atomic mass is 10.2. The predicted molar refractivity (Wildman–Crippen MR) is 93.9 cm³/mol. The van der Waals surface area contributed by atoms with Crippen LogP contribution in [0, 0.1) is 0 Å². The van der Waals surface area contributed by atoms with Crippen molar-refractivity contribution in [1.29, 1.82) is 0 Å². The molecule has 23 heavy (non-hydrogen) atoms. The van der Waals surface area contributed by atoms with Crippen LogP contribution in [0.2, 0.25) is 0 Å². The van der Waals surface area contributed by atoms with Crippen LogP contribution in [0.5, 0.6) is 0 Å². The van der Waals surface area contributed by atoms with E-state index < -0.39 is 5.97 Å². The van der Waals surface area contributed by atoms with Crippen LogP contribution >= 0.6 is 24.0 Å². The van der Waals surface area contributed by atoms with Gasteiger partial charge in [-0.05, 0) is 24.3 Å². The second kappa shape index (κ2) is 8.85. The highest BCUT2D eigenvalue weighted by Crippen LogP contribution is 2.14. The van der Waals surface area contributed by atoms with E-state index in [0.29, 0.717) is 28.8 Å². The van der Waals surface area contributed by atoms with Crippen LogP contribution in [0.25, 0.3) is 0 Å². The molecule has 0 unspecified atom stereocenters. The first kappa shape index (κ1) is 17.7. The molecule has 1 saturated heterocycles. The van der Waals surface area contributed by atoms with Gasteiger partial charge in [0, 0.05) is 18.8 Å². The maximum atomic E-state index is 11.9. The van der Waals surface area contributed by atoms with Crippen LogP contribution in [0.1, 0.15) is 10.4 Å². The third-order valence-corrected chi connectivity index (χ3v) is 4.71. The number of esters is 1. The molecule has 1 N–H and O–H groups in total. The number of benzene rings is 1. The van der Waals surface area contributed by atoms with Crippen molar-refractivity contribution in [3.8, 4) is 0 Å². The number of amides is 1. The summed E-state index contributed by atoms with van der Waals surface area (Å²) in [5.41, 5.74) is 1.06. The number of methoxy groups -OCH3 is 1. The Balaban J connectivity index is 1.78. The number of hydrogen-bond acceptors (Lipinski definition) is 6. The minimum Gasteiger partial charge on any atom is -0.465 e. The number of rotatable bonds is 4. The highest BCUT2D eigenvalue weighted by Gasteiger charge is 2.15. The van der Waals surface area contributed by atoms with Crippen molar-refractivity contribution in [2.45, 2.75) is 0 Å². The van der Waals surface area contributed by atoms with Gasteiger partial charge in [-0.25, -0.2) is 4.79 Å². The van der Waals surface area contributed by atoms with Crippen LogP contribution < -0.4 is 5.32 Å². The molecule has 1 aliphatic rings. The number of carbonyl (C=O) groups excluding carboxylic acids is 2. The first-order valence-corrected chi connectivity index (χ1v) is 8.47. The zero-order chi connectivity index (χ0) is 16.7. The van der Waals surface area contributed by atoms with Crippen molar-refractivity contribution in [2.75, 3.05) is 44.5 Å². The van der Waals surface area contributed by atoms with E-state index in [1.165, 1.54) is 18.9 Å². The van der Waals surface area contributed by atoms with Crippen molar-refractivity contribution >= 4 is 45.9 Å². The monoisotopic (exact) mass is 354 g/mol. The van der Waals surface area contributed by atoms with Gasteiger partial charge in [-0.2, -0.15) is 0 Å². The summed E-state index contributed by atoms with van der Waals surface area (Å²) in [4.78, 5) is 25.3. The third-order valence-electron chi connectivity index (χ3n) is 3.19. The minimum atomic E-state index is -0.408. The SMILES string of the molecule is COC(=O)c1ccc(NC(=O)CSC(=S)N2CCOCC2)cc1. The summed E-state index contributed by atoms with van der Waals surface area (Å²) in [5.74, 6) is -0.305. The molecule has 1 fully saturated rings. The van der Waals surface area contributed by atoms with E-state index >= 15 is 0 Å². The average molecular weight is 354 g/mol. The number of nitrogens with one attached hydrogen (secondary N) is 1. The van der Waals surface area contributed by atoms with Gasteiger partial charge in [-0.3, -0.25) is 4.79 Å². The Morgan fingerprint density at radius 3 is 2.57 bits per heavy atom. The number of morpholine rings is 1. The molecule has 0 aromatic heterocycles. The highest BCUT2D eigenvalue weighted by molar-refractivity contribution is 8.23. The number of nitrogens with zero attached hydrogens (tertiary/aromatic N) is 1. The molecule has 2 rings (SSSR count). The van der Waals surface area contributed by atoms with Gasteiger partial charge in [0.2, 0.25) is 5.91 Å². The van der Waals surface area contributed by atoms with Crippen molar-refractivity contribution < 1.29 is 19.1 Å². The topological polar surface area (TPSA) is 67.9 Å². The lowest BCUT2D eigenvalue weighted by Crippen LogP contribution is -2.39. The lowest BCUT2D eigenvalue weighted by Gasteiger charge is -2.28. The summed E-state index contributed by atoms with van der Waals surface area (Å²) < 4.78 is 10.6. The molecule has 0 radical (unpaired) electrons. The van der Waals surface area contributed by atoms with Gasteiger partial charge < -0.3 is 19.7 Å². The van der Waals surface area contributed by atoms with Crippen LogP contribution in [0.3, 0.4) is 0 Å². The van der Waals surface area contributed by atoms with Gasteiger partial charge in [-0.1, -0.05) is 24.0 Å². The van der Waals surface area contributed by atoms with Gasteiger partial charge in [0.05, 0.1) is 31.6 Å². The molecule has 0 atom stereocenters. The molecule has 1 heterocycles. The van der Waals surface area contributed by atoms with Crippen LogP contribution in [-0.4, -0.2) is 60.3 Å². The van der Waals surface area contributed by atoms with Crippen LogP contribution in [0.4, 0.5) is 5.69 Å². The van der Waals surface area contributed by atoms with Crippen molar-refractivity contribution in [1.82, 2.24) is 4.90 Å². The number of thioether (sulfide) groups is 1. The van der Waals surface area contributed by atoms with Crippen LogP contribution in [0.15, 0.2) is 24.3 Å². The van der Waals surface area contributed by atoms with Gasteiger partial charge in [0.25, 0.3) is 0 Å². The van der Waals surface area contributed by atoms with E-state index in [1.807, 2.05) is 4.90 Å². The van der Waals surface area contributed by atoms with Gasteiger partial charge in [0.15, 0.2) is 0 Å². The maximum Gasteiger partial charge on any atom is 0.337 e. The normalized spacial score (nSPS) is 14.2. The van der Waals surface area contributed by atoms with E-state index in [1.54, 1.807) is 24.3 Å². The molecule has 0 spiro atoms. The van der Waals surface area contributed by atoms with E-state index in [0.717, 1.165) is 13.1 Å². The number of carbonyl (C=O) groups is 2. The minimum absolute atomic E-state index is 0.142. The summed E-state index contributed by atoms with van der Waals surface area (Å²) in [5, 5.41) is 2.77. The fourth-order valence-corrected chi connectivity index (χ4v) is 3.02. The standard InChI is InChI=1S/C15H18N2O4S2/c1-20-14(19)11-2-4-12(5-3-11)16-13(18)10-23-15(22)17-6-8-21-9-7-17/h2-5H,6-10H2,1H3,(H,16,18). The molecule has 1 aromatic carbocycles. The zero-order valence-corrected chi connectivity index (χ0v) is 14.4. The quantitative estimate of drug-likeness (QED) is 0.653. The molecule has 1 aromatic rings. The molecule has 8 heteroatoms. The molecule has 0 saturated carbocycles. The first-order valence-electron chi connectivity index (χ1n) is 7.08. The number of anilines is 1. The Hall–Kier alpha value is -1.64. The van der Waals surface area contributed by atoms with E-state index in [-0.39, 0.29) is 11.7 Å². The van der Waals surface area contributed by atoms with Crippen molar-refractivity contribution in [3.05, 3.63) is 29.8 Å². The molecule has 1 amide bonds. The van der Waals surface area contributed by atoms with E-state index in [2.05, 4.69) is 10.1 Å². The predicted octanol–water partition coefficient (Wildman–Crippen LogP) is 1.76. The molecule has 6 nitrogen and oxygen atoms in total. The largest absolute Gasteiger partial charge is 0.465 e. The van der Waals surface area contributed by atoms with E-state index in [4.69, 9.17) is 17.0 Å². The number of ether oxygens (including phenoxy) is 2. The highest BCUT2D eigenvalue weighted by atomic mass is 32.2. The Morgan fingerprint density at radius 2 is 1.96 bits per heavy atom. The maximum absolute atomic E-state index is 11.9. The lowest BCUT2D eigenvalue weighted by molar-refractivity contribution is -0.113. The van der Waals surface area contributed by atoms with E-state index in [9.17, 15) is 9.59 Å². The Labute approximate surface area is 144 Å². The summed E-state index contributed by atoms with van der Waals surface area (Å²) in [6.07, 6.45) is 0. The Kier molecular flexibility index (Phi) is 6.82. The summed E-state index contributed by atoms with van der Waals surface area (Å²) >= 11 is 6.66. The molecule has 0 aliphatic carbocycles. The van der Waals surface area contributed by atoms with Crippen molar-refractivity contribution in [2.24, 2.45) is 0 Å². The van der Waals surface area contributed by atoms with Gasteiger partial charge in [0.1, 0.15) is 4.32 Å². The second-order valence-corrected chi connectivity index (χ2v) is 6.38. The number of thiocarbonyl (C=S) groups is 1. The molecular weight excluding hydrogens is 336 g/mol. The fourth-order valence-electron chi connectivity index (χ4n) is 1.97. The first-order chi connectivity index (χ1) is 11.1. The molecule has 1 aliphatic heterocycles. The Bertz CT molecular complexity index is 571. The fraction of sp³-hybridized carbons (Fsp3) is 0.400. The van der Waals surface area contributed by atoms with Crippen LogP contribution in [-0.2, 0) is 14.3 Å². The molecule has 124 valence electrons. The smallest absolute Gasteiger partial charge is 0.337 e. The van der Waals surface area contributed by atoms with Crippen molar-refractivity contribution in [3.63, 3.8) is 0 Å². The second-order valence-electron chi connectivity index (χ2n) is 4.77. The van der Waals surface area contributed by atoms with Gasteiger partial charge in [-0.15, -0.1) is 0 Å². The molecule has 0 bridgehead atoms. The Morgan fingerprint density at radius 1 is 1.30 bits per heavy atom. The summed E-state index contributed by atoms with van der Waals surface area (Å²) in [7, 11) is 1.33.